The minimum Gasteiger partial charge on any atom is -0.268 e. The molecule has 2 heterocycles. The Hall–Kier alpha value is -5.60. The molecule has 0 spiro atoms. The molecule has 2 aliphatic carbocycles. The number of hydrogen-bond acceptors (Lipinski definition) is 5. The van der Waals surface area contributed by atoms with Crippen LogP contribution in [0.15, 0.2) is 60.7 Å². The summed E-state index contributed by atoms with van der Waals surface area (Å²) in [4.78, 5) is 61.7. The summed E-state index contributed by atoms with van der Waals surface area (Å²) >= 11 is 0. The molecule has 2 aliphatic heterocycles. The van der Waals surface area contributed by atoms with Gasteiger partial charge in [-0.1, -0.05) is 37.8 Å². The van der Waals surface area contributed by atoms with E-state index >= 15 is 0 Å². The van der Waals surface area contributed by atoms with Crippen LogP contribution in [0.5, 0.6) is 0 Å². The summed E-state index contributed by atoms with van der Waals surface area (Å²) < 4.78 is 0. The predicted molar refractivity (Wildman–Crippen MR) is 173 cm³/mol. The van der Waals surface area contributed by atoms with Crippen LogP contribution >= 0.6 is 0 Å². The van der Waals surface area contributed by atoms with E-state index in [0.717, 1.165) is 72.3 Å². The fourth-order valence-corrected chi connectivity index (χ4v) is 8.07. The van der Waals surface area contributed by atoms with Crippen molar-refractivity contribution in [2.75, 3.05) is 9.80 Å². The Balaban J connectivity index is 1.19. The highest BCUT2D eigenvalue weighted by molar-refractivity contribution is 6.42. The fourth-order valence-electron chi connectivity index (χ4n) is 8.07. The standard InChI is InChI=1S/C38H28N4O4/c1-40-32-19-25(11-13-27(32)22-8-4-5-9-22)42-37(45)30-16-14-28-33-29(15-17-31(34(30)33)38(42)46)36(44)41(35(28)43)24-10-12-26(23(18-24)20-39)21-6-2-3-7-21/h10-19,21-22H,2-9H2. The summed E-state index contributed by atoms with van der Waals surface area (Å²) in [6.07, 6.45) is 8.52. The predicted octanol–water partition coefficient (Wildman–Crippen LogP) is 8.18. The third kappa shape index (κ3) is 3.96. The van der Waals surface area contributed by atoms with Crippen molar-refractivity contribution in [2.45, 2.75) is 63.2 Å². The number of nitrogens with zero attached hydrogens (tertiary/aromatic N) is 4. The Morgan fingerprint density at radius 1 is 0.609 bits per heavy atom. The Kier molecular flexibility index (Phi) is 6.37. The van der Waals surface area contributed by atoms with E-state index in [9.17, 15) is 24.4 Å². The number of benzene rings is 4. The summed E-state index contributed by atoms with van der Waals surface area (Å²) in [7, 11) is 0. The van der Waals surface area contributed by atoms with Crippen LogP contribution in [0.4, 0.5) is 17.1 Å². The highest BCUT2D eigenvalue weighted by atomic mass is 16.2. The molecule has 0 radical (unpaired) electrons. The minimum absolute atomic E-state index is 0.207. The van der Waals surface area contributed by atoms with Crippen LogP contribution in [0.2, 0.25) is 0 Å². The number of imide groups is 2. The normalized spacial score (nSPS) is 18.0. The molecule has 8 heteroatoms. The summed E-state index contributed by atoms with van der Waals surface area (Å²) in [5.74, 6) is -1.71. The van der Waals surface area contributed by atoms with E-state index in [1.54, 1.807) is 24.3 Å². The van der Waals surface area contributed by atoms with Crippen molar-refractivity contribution in [1.82, 2.24) is 0 Å². The first-order valence-electron chi connectivity index (χ1n) is 15.8. The van der Waals surface area contributed by atoms with E-state index in [2.05, 4.69) is 10.9 Å². The number of hydrogen-bond donors (Lipinski definition) is 0. The first-order valence-corrected chi connectivity index (χ1v) is 15.8. The van der Waals surface area contributed by atoms with Crippen molar-refractivity contribution in [2.24, 2.45) is 0 Å². The summed E-state index contributed by atoms with van der Waals surface area (Å²) in [6.45, 7) is 7.79. The maximum atomic E-state index is 14.0. The van der Waals surface area contributed by atoms with Crippen molar-refractivity contribution in [3.8, 4) is 6.07 Å². The third-order valence-corrected chi connectivity index (χ3v) is 10.3. The Bertz CT molecular complexity index is 1920. The molecule has 4 aromatic carbocycles. The summed E-state index contributed by atoms with van der Waals surface area (Å²) in [5, 5.41) is 10.5. The molecule has 4 aliphatic rings. The first-order chi connectivity index (χ1) is 22.4. The van der Waals surface area contributed by atoms with E-state index in [1.807, 2.05) is 12.1 Å². The zero-order valence-corrected chi connectivity index (χ0v) is 25.0. The lowest BCUT2D eigenvalue weighted by molar-refractivity contribution is 0.0873. The highest BCUT2D eigenvalue weighted by Crippen LogP contribution is 2.44. The second kappa shape index (κ2) is 10.5. The largest absolute Gasteiger partial charge is 0.268 e. The van der Waals surface area contributed by atoms with Gasteiger partial charge in [-0.3, -0.25) is 19.2 Å². The van der Waals surface area contributed by atoms with Gasteiger partial charge in [-0.25, -0.2) is 14.6 Å². The molecule has 0 bridgehead atoms. The lowest BCUT2D eigenvalue weighted by Crippen LogP contribution is -2.43. The first kappa shape index (κ1) is 27.9. The molecule has 0 unspecified atom stereocenters. The molecule has 0 N–H and O–H groups in total. The van der Waals surface area contributed by atoms with Crippen LogP contribution in [-0.2, 0) is 0 Å². The number of nitriles is 1. The van der Waals surface area contributed by atoms with Crippen molar-refractivity contribution in [1.29, 1.82) is 5.26 Å². The van der Waals surface area contributed by atoms with Gasteiger partial charge < -0.3 is 0 Å². The zero-order chi connectivity index (χ0) is 31.7. The van der Waals surface area contributed by atoms with Crippen LogP contribution in [-0.4, -0.2) is 23.6 Å². The van der Waals surface area contributed by atoms with Crippen molar-refractivity contribution < 1.29 is 19.2 Å². The molecule has 0 atom stereocenters. The Labute approximate surface area is 265 Å². The number of carbonyl (C=O) groups excluding carboxylic acids is 4. The topological polar surface area (TPSA) is 103 Å². The van der Waals surface area contributed by atoms with E-state index in [1.165, 1.54) is 24.3 Å². The van der Waals surface area contributed by atoms with Crippen molar-refractivity contribution >= 4 is 51.5 Å². The maximum Gasteiger partial charge on any atom is 0.265 e. The van der Waals surface area contributed by atoms with Crippen LogP contribution in [0.25, 0.3) is 15.6 Å². The van der Waals surface area contributed by atoms with Gasteiger partial charge in [-0.05, 0) is 97.2 Å². The molecule has 8 rings (SSSR count). The van der Waals surface area contributed by atoms with Crippen LogP contribution in [0.3, 0.4) is 0 Å². The van der Waals surface area contributed by atoms with Crippen LogP contribution in [0, 0.1) is 17.9 Å². The molecule has 0 saturated heterocycles. The van der Waals surface area contributed by atoms with Crippen LogP contribution < -0.4 is 9.80 Å². The average Bonchev–Trinajstić information content (AvgIpc) is 3.82. The molecular formula is C38H28N4O4. The highest BCUT2D eigenvalue weighted by Gasteiger charge is 2.41. The van der Waals surface area contributed by atoms with Gasteiger partial charge >= 0.3 is 0 Å². The van der Waals surface area contributed by atoms with Gasteiger partial charge in [-0.2, -0.15) is 5.26 Å². The summed E-state index contributed by atoms with van der Waals surface area (Å²) in [6, 6.07) is 18.8. The number of amides is 4. The molecule has 224 valence electrons. The third-order valence-electron chi connectivity index (χ3n) is 10.3. The molecule has 2 fully saturated rings. The second-order valence-electron chi connectivity index (χ2n) is 12.7. The van der Waals surface area contributed by atoms with Crippen molar-refractivity contribution in [3.63, 3.8) is 0 Å². The lowest BCUT2D eigenvalue weighted by Gasteiger charge is -2.32. The smallest absolute Gasteiger partial charge is 0.265 e. The lowest BCUT2D eigenvalue weighted by atomic mass is 9.85. The molecular weight excluding hydrogens is 576 g/mol. The van der Waals surface area contributed by atoms with Gasteiger partial charge in [0.25, 0.3) is 23.6 Å². The average molecular weight is 605 g/mol. The van der Waals surface area contributed by atoms with Gasteiger partial charge in [0.2, 0.25) is 0 Å². The molecule has 0 aromatic heterocycles. The number of anilines is 2. The van der Waals surface area contributed by atoms with Gasteiger partial charge in [0, 0.05) is 38.7 Å². The maximum absolute atomic E-state index is 14.0. The van der Waals surface area contributed by atoms with E-state index < -0.39 is 23.6 Å². The van der Waals surface area contributed by atoms with Gasteiger partial charge in [-0.15, -0.1) is 0 Å². The monoisotopic (exact) mass is 604 g/mol. The zero-order valence-electron chi connectivity index (χ0n) is 25.0. The number of carbonyl (C=O) groups is 4. The van der Waals surface area contributed by atoms with Crippen molar-refractivity contribution in [3.05, 3.63) is 111 Å². The van der Waals surface area contributed by atoms with Gasteiger partial charge in [0.15, 0.2) is 5.69 Å². The van der Waals surface area contributed by atoms with E-state index in [4.69, 9.17) is 6.57 Å². The van der Waals surface area contributed by atoms with Crippen LogP contribution in [0.1, 0.15) is 121 Å². The molecule has 4 aromatic rings. The Morgan fingerprint density at radius 3 is 1.46 bits per heavy atom. The van der Waals surface area contributed by atoms with Gasteiger partial charge in [0.05, 0.1) is 23.9 Å². The van der Waals surface area contributed by atoms with Gasteiger partial charge in [0.1, 0.15) is 0 Å². The van der Waals surface area contributed by atoms with E-state index in [0.29, 0.717) is 34.5 Å². The summed E-state index contributed by atoms with van der Waals surface area (Å²) in [5.41, 5.74) is 4.24. The second-order valence-corrected chi connectivity index (χ2v) is 12.7. The number of rotatable bonds is 4. The Morgan fingerprint density at radius 2 is 1.02 bits per heavy atom. The SMILES string of the molecule is [C-]#[N+]c1cc(N2C(=O)c3ccc4c5c(ccc(c35)C2=O)C(=O)N(c2ccc(C3CCCC3)c(C#N)c2)C4=O)ccc1C1CCCC1. The van der Waals surface area contributed by atoms with E-state index in [-0.39, 0.29) is 33.0 Å². The minimum atomic E-state index is -0.578. The molecule has 4 amide bonds. The quantitative estimate of drug-likeness (QED) is 0.173. The fraction of sp³-hybridized carbons (Fsp3) is 0.263. The molecule has 8 nitrogen and oxygen atoms in total. The molecule has 2 saturated carbocycles. The molecule has 46 heavy (non-hydrogen) atoms.